The van der Waals surface area contributed by atoms with E-state index in [2.05, 4.69) is 42.0 Å². The van der Waals surface area contributed by atoms with E-state index in [1.54, 1.807) is 0 Å². The van der Waals surface area contributed by atoms with Gasteiger partial charge in [-0.25, -0.2) is 9.97 Å². The number of halogens is 1. The first-order valence-electron chi connectivity index (χ1n) is 6.58. The van der Waals surface area contributed by atoms with Gasteiger partial charge in [0.2, 0.25) is 0 Å². The van der Waals surface area contributed by atoms with Crippen molar-refractivity contribution in [3.8, 4) is 5.69 Å². The molecule has 0 amide bonds. The number of imidazole rings is 1. The maximum absolute atomic E-state index is 6.05. The number of fused-ring (bicyclic) bond motifs is 1. The first-order valence-corrected chi connectivity index (χ1v) is 7.12. The summed E-state index contributed by atoms with van der Waals surface area (Å²) in [6, 6.07) is 10.3. The third kappa shape index (κ3) is 2.08. The number of benzene rings is 1. The standard InChI is InChI=1S/C16H16ClN3/c1-10-4-6-13(8-11(10)2)20-15(9-17)19-14-7-5-12(3)18-16(14)20/h4-8H,9H2,1-3H3. The highest BCUT2D eigenvalue weighted by atomic mass is 35.5. The summed E-state index contributed by atoms with van der Waals surface area (Å²) in [4.78, 5) is 9.18. The third-order valence-corrected chi connectivity index (χ3v) is 3.82. The van der Waals surface area contributed by atoms with Gasteiger partial charge in [0.1, 0.15) is 11.3 Å². The summed E-state index contributed by atoms with van der Waals surface area (Å²) in [5.41, 5.74) is 6.30. The van der Waals surface area contributed by atoms with Crippen molar-refractivity contribution in [3.05, 3.63) is 53.0 Å². The van der Waals surface area contributed by atoms with Gasteiger partial charge in [0, 0.05) is 11.4 Å². The lowest BCUT2D eigenvalue weighted by Gasteiger charge is -2.09. The fraction of sp³-hybridized carbons (Fsp3) is 0.250. The Morgan fingerprint density at radius 3 is 2.50 bits per heavy atom. The van der Waals surface area contributed by atoms with E-state index >= 15 is 0 Å². The van der Waals surface area contributed by atoms with E-state index in [0.29, 0.717) is 5.88 Å². The number of alkyl halides is 1. The molecule has 4 heteroatoms. The predicted molar refractivity (Wildman–Crippen MR) is 82.6 cm³/mol. The van der Waals surface area contributed by atoms with Crippen LogP contribution in [-0.2, 0) is 5.88 Å². The van der Waals surface area contributed by atoms with E-state index in [9.17, 15) is 0 Å². The van der Waals surface area contributed by atoms with Gasteiger partial charge in [0.15, 0.2) is 5.65 Å². The number of aryl methyl sites for hydroxylation is 3. The molecule has 0 saturated carbocycles. The number of pyridine rings is 1. The average Bonchev–Trinajstić information content (AvgIpc) is 2.79. The molecule has 0 radical (unpaired) electrons. The molecule has 3 rings (SSSR count). The van der Waals surface area contributed by atoms with E-state index in [0.717, 1.165) is 28.4 Å². The normalized spacial score (nSPS) is 11.2. The van der Waals surface area contributed by atoms with Gasteiger partial charge in [-0.15, -0.1) is 11.6 Å². The van der Waals surface area contributed by atoms with Crippen molar-refractivity contribution in [2.24, 2.45) is 0 Å². The minimum absolute atomic E-state index is 0.363. The van der Waals surface area contributed by atoms with Crippen molar-refractivity contribution in [2.45, 2.75) is 26.7 Å². The maximum atomic E-state index is 6.05. The fourth-order valence-corrected chi connectivity index (χ4v) is 2.50. The van der Waals surface area contributed by atoms with Gasteiger partial charge in [-0.1, -0.05) is 6.07 Å². The summed E-state index contributed by atoms with van der Waals surface area (Å²) in [6.45, 7) is 6.20. The molecule has 0 aliphatic heterocycles. The smallest absolute Gasteiger partial charge is 0.164 e. The summed E-state index contributed by atoms with van der Waals surface area (Å²) in [6.07, 6.45) is 0. The van der Waals surface area contributed by atoms with Crippen molar-refractivity contribution < 1.29 is 0 Å². The van der Waals surface area contributed by atoms with Crippen LogP contribution in [0.4, 0.5) is 0 Å². The van der Waals surface area contributed by atoms with E-state index < -0.39 is 0 Å². The minimum Gasteiger partial charge on any atom is -0.280 e. The van der Waals surface area contributed by atoms with Crippen molar-refractivity contribution in [1.29, 1.82) is 0 Å². The topological polar surface area (TPSA) is 30.7 Å². The Morgan fingerprint density at radius 1 is 1.00 bits per heavy atom. The van der Waals surface area contributed by atoms with Gasteiger partial charge in [-0.05, 0) is 56.2 Å². The summed E-state index contributed by atoms with van der Waals surface area (Å²) < 4.78 is 2.04. The third-order valence-electron chi connectivity index (χ3n) is 3.58. The van der Waals surface area contributed by atoms with Crippen LogP contribution in [0.25, 0.3) is 16.9 Å². The van der Waals surface area contributed by atoms with Crippen LogP contribution in [0.15, 0.2) is 30.3 Å². The largest absolute Gasteiger partial charge is 0.280 e. The monoisotopic (exact) mass is 285 g/mol. The summed E-state index contributed by atoms with van der Waals surface area (Å²) in [7, 11) is 0. The highest BCUT2D eigenvalue weighted by Gasteiger charge is 2.13. The van der Waals surface area contributed by atoms with Crippen LogP contribution in [0.1, 0.15) is 22.6 Å². The molecule has 0 atom stereocenters. The molecular formula is C16H16ClN3. The molecule has 0 spiro atoms. The molecule has 1 aromatic carbocycles. The van der Waals surface area contributed by atoms with Crippen LogP contribution in [-0.4, -0.2) is 14.5 Å². The molecule has 0 fully saturated rings. The zero-order valence-electron chi connectivity index (χ0n) is 11.8. The Bertz CT molecular complexity index is 790. The lowest BCUT2D eigenvalue weighted by atomic mass is 10.1. The van der Waals surface area contributed by atoms with Gasteiger partial charge >= 0.3 is 0 Å². The van der Waals surface area contributed by atoms with Crippen LogP contribution < -0.4 is 0 Å². The summed E-state index contributed by atoms with van der Waals surface area (Å²) >= 11 is 6.05. The number of hydrogen-bond acceptors (Lipinski definition) is 2. The molecule has 3 aromatic rings. The highest BCUT2D eigenvalue weighted by Crippen LogP contribution is 2.23. The van der Waals surface area contributed by atoms with Crippen molar-refractivity contribution in [1.82, 2.24) is 14.5 Å². The van der Waals surface area contributed by atoms with Crippen LogP contribution in [0.5, 0.6) is 0 Å². The first-order chi connectivity index (χ1) is 9.60. The number of rotatable bonds is 2. The summed E-state index contributed by atoms with van der Waals surface area (Å²) in [5.74, 6) is 1.19. The first kappa shape index (κ1) is 13.1. The van der Waals surface area contributed by atoms with Crippen molar-refractivity contribution >= 4 is 22.8 Å². The van der Waals surface area contributed by atoms with Crippen LogP contribution in [0.3, 0.4) is 0 Å². The summed E-state index contributed by atoms with van der Waals surface area (Å²) in [5, 5.41) is 0. The fourth-order valence-electron chi connectivity index (χ4n) is 2.32. The molecule has 0 aliphatic rings. The highest BCUT2D eigenvalue weighted by molar-refractivity contribution is 6.16. The van der Waals surface area contributed by atoms with E-state index in [1.165, 1.54) is 11.1 Å². The number of hydrogen-bond donors (Lipinski definition) is 0. The van der Waals surface area contributed by atoms with E-state index in [4.69, 9.17) is 11.6 Å². The maximum Gasteiger partial charge on any atom is 0.164 e. The molecule has 0 unspecified atom stereocenters. The molecule has 20 heavy (non-hydrogen) atoms. The molecule has 102 valence electrons. The second-order valence-corrected chi connectivity index (χ2v) is 5.33. The molecule has 0 aliphatic carbocycles. The second-order valence-electron chi connectivity index (χ2n) is 5.06. The van der Waals surface area contributed by atoms with Crippen molar-refractivity contribution in [3.63, 3.8) is 0 Å². The minimum atomic E-state index is 0.363. The number of nitrogens with zero attached hydrogens (tertiary/aromatic N) is 3. The molecule has 0 N–H and O–H groups in total. The van der Waals surface area contributed by atoms with E-state index in [1.807, 2.05) is 23.6 Å². The second kappa shape index (κ2) is 4.91. The van der Waals surface area contributed by atoms with Gasteiger partial charge in [0.05, 0.1) is 5.88 Å². The average molecular weight is 286 g/mol. The van der Waals surface area contributed by atoms with Gasteiger partial charge in [0.25, 0.3) is 0 Å². The molecule has 2 heterocycles. The Hall–Kier alpha value is -1.87. The molecule has 2 aromatic heterocycles. The van der Waals surface area contributed by atoms with Crippen LogP contribution >= 0.6 is 11.6 Å². The SMILES string of the molecule is Cc1ccc2nc(CCl)n(-c3ccc(C)c(C)c3)c2n1. The zero-order chi connectivity index (χ0) is 14.3. The number of aromatic nitrogens is 3. The van der Waals surface area contributed by atoms with Gasteiger partial charge in [-0.3, -0.25) is 4.57 Å². The van der Waals surface area contributed by atoms with Crippen LogP contribution in [0, 0.1) is 20.8 Å². The Labute approximate surface area is 123 Å². The predicted octanol–water partition coefficient (Wildman–Crippen LogP) is 4.08. The van der Waals surface area contributed by atoms with Crippen molar-refractivity contribution in [2.75, 3.05) is 0 Å². The molecule has 0 saturated heterocycles. The lowest BCUT2D eigenvalue weighted by Crippen LogP contribution is -2.01. The van der Waals surface area contributed by atoms with Gasteiger partial charge < -0.3 is 0 Å². The van der Waals surface area contributed by atoms with Crippen LogP contribution in [0.2, 0.25) is 0 Å². The Balaban J connectivity index is 2.32. The quantitative estimate of drug-likeness (QED) is 0.664. The lowest BCUT2D eigenvalue weighted by molar-refractivity contribution is 0.963. The Morgan fingerprint density at radius 2 is 1.80 bits per heavy atom. The molecule has 3 nitrogen and oxygen atoms in total. The Kier molecular flexibility index (Phi) is 3.22. The molecular weight excluding hydrogens is 270 g/mol. The zero-order valence-corrected chi connectivity index (χ0v) is 12.6. The molecule has 0 bridgehead atoms. The van der Waals surface area contributed by atoms with Gasteiger partial charge in [-0.2, -0.15) is 0 Å². The van der Waals surface area contributed by atoms with E-state index in [-0.39, 0.29) is 0 Å².